The lowest BCUT2D eigenvalue weighted by atomic mass is 10.1. The lowest BCUT2D eigenvalue weighted by Crippen LogP contribution is -2.24. The Morgan fingerprint density at radius 3 is 2.83 bits per heavy atom. The second-order valence-corrected chi connectivity index (χ2v) is 3.94. The summed E-state index contributed by atoms with van der Waals surface area (Å²) in [5.74, 6) is -0.117. The van der Waals surface area contributed by atoms with Crippen LogP contribution in [0.15, 0.2) is 24.8 Å². The standard InChI is InChI=1S/C14H19NO3/c1-4-6-10-8-11(14(17)15-7-5-2)13(16)12(9-10)18-3/h4,8-9,16H,1,5-7H2,2-3H3,(H,15,17). The van der Waals surface area contributed by atoms with Crippen molar-refractivity contribution in [2.24, 2.45) is 0 Å². The third-order valence-electron chi connectivity index (χ3n) is 2.51. The molecule has 0 aliphatic heterocycles. The zero-order valence-electron chi connectivity index (χ0n) is 10.8. The minimum Gasteiger partial charge on any atom is -0.504 e. The molecule has 1 aromatic rings. The monoisotopic (exact) mass is 249 g/mol. The number of hydrogen-bond donors (Lipinski definition) is 2. The van der Waals surface area contributed by atoms with Crippen molar-refractivity contribution in [1.29, 1.82) is 0 Å². The van der Waals surface area contributed by atoms with E-state index >= 15 is 0 Å². The third-order valence-corrected chi connectivity index (χ3v) is 2.51. The van der Waals surface area contributed by atoms with Gasteiger partial charge in [-0.25, -0.2) is 0 Å². The number of nitrogens with one attached hydrogen (secondary N) is 1. The molecule has 4 heteroatoms. The molecule has 0 heterocycles. The van der Waals surface area contributed by atoms with Crippen molar-refractivity contribution in [2.45, 2.75) is 19.8 Å². The number of hydrogen-bond acceptors (Lipinski definition) is 3. The first-order valence-electron chi connectivity index (χ1n) is 5.93. The van der Waals surface area contributed by atoms with Gasteiger partial charge >= 0.3 is 0 Å². The summed E-state index contributed by atoms with van der Waals surface area (Å²) in [5.41, 5.74) is 1.11. The fourth-order valence-corrected chi connectivity index (χ4v) is 1.61. The molecule has 0 aliphatic carbocycles. The average Bonchev–Trinajstić information content (AvgIpc) is 2.38. The number of carbonyl (C=O) groups is 1. The van der Waals surface area contributed by atoms with E-state index in [9.17, 15) is 9.90 Å². The molecule has 0 radical (unpaired) electrons. The van der Waals surface area contributed by atoms with Gasteiger partial charge in [-0.05, 0) is 30.5 Å². The SMILES string of the molecule is C=CCc1cc(OC)c(O)c(C(=O)NCCC)c1. The summed E-state index contributed by atoms with van der Waals surface area (Å²) in [6, 6.07) is 3.36. The predicted molar refractivity (Wildman–Crippen MR) is 71.2 cm³/mol. The Balaban J connectivity index is 3.11. The van der Waals surface area contributed by atoms with Gasteiger partial charge in [0.2, 0.25) is 0 Å². The number of methoxy groups -OCH3 is 1. The molecule has 0 fully saturated rings. The van der Waals surface area contributed by atoms with E-state index in [2.05, 4.69) is 11.9 Å². The van der Waals surface area contributed by atoms with Crippen LogP contribution in [0.1, 0.15) is 29.3 Å². The summed E-state index contributed by atoms with van der Waals surface area (Å²) in [5, 5.41) is 12.7. The molecule has 0 unspecified atom stereocenters. The predicted octanol–water partition coefficient (Wildman–Crippen LogP) is 2.27. The average molecular weight is 249 g/mol. The van der Waals surface area contributed by atoms with E-state index in [4.69, 9.17) is 4.74 Å². The van der Waals surface area contributed by atoms with Crippen molar-refractivity contribution in [2.75, 3.05) is 13.7 Å². The van der Waals surface area contributed by atoms with Gasteiger partial charge in [-0.3, -0.25) is 4.79 Å². The van der Waals surface area contributed by atoms with Gasteiger partial charge in [-0.15, -0.1) is 6.58 Å². The Kier molecular flexibility index (Phi) is 5.24. The second kappa shape index (κ2) is 6.69. The summed E-state index contributed by atoms with van der Waals surface area (Å²) >= 11 is 0. The number of benzene rings is 1. The molecule has 1 amide bonds. The van der Waals surface area contributed by atoms with Crippen molar-refractivity contribution >= 4 is 5.91 Å². The molecular weight excluding hydrogens is 230 g/mol. The number of allylic oxidation sites excluding steroid dienone is 1. The molecule has 0 bridgehead atoms. The van der Waals surface area contributed by atoms with Crippen molar-refractivity contribution in [3.8, 4) is 11.5 Å². The van der Waals surface area contributed by atoms with Crippen LogP contribution in [0.5, 0.6) is 11.5 Å². The summed E-state index contributed by atoms with van der Waals surface area (Å²) in [7, 11) is 1.46. The number of ether oxygens (including phenoxy) is 1. The molecule has 4 nitrogen and oxygen atoms in total. The molecule has 0 atom stereocenters. The molecule has 1 rings (SSSR count). The number of amides is 1. The van der Waals surface area contributed by atoms with E-state index in [1.807, 2.05) is 6.92 Å². The van der Waals surface area contributed by atoms with Gasteiger partial charge in [-0.1, -0.05) is 13.0 Å². The van der Waals surface area contributed by atoms with Crippen LogP contribution in [-0.4, -0.2) is 24.7 Å². The Bertz CT molecular complexity index is 441. The second-order valence-electron chi connectivity index (χ2n) is 3.94. The molecule has 0 spiro atoms. The van der Waals surface area contributed by atoms with E-state index in [1.165, 1.54) is 7.11 Å². The van der Waals surface area contributed by atoms with Gasteiger partial charge in [-0.2, -0.15) is 0 Å². The smallest absolute Gasteiger partial charge is 0.255 e. The van der Waals surface area contributed by atoms with Crippen LogP contribution in [0.2, 0.25) is 0 Å². The van der Waals surface area contributed by atoms with Gasteiger partial charge < -0.3 is 15.2 Å². The van der Waals surface area contributed by atoms with Crippen molar-refractivity contribution in [3.05, 3.63) is 35.9 Å². The first kappa shape index (κ1) is 14.1. The molecular formula is C14H19NO3. The van der Waals surface area contributed by atoms with E-state index in [-0.39, 0.29) is 17.2 Å². The van der Waals surface area contributed by atoms with E-state index < -0.39 is 0 Å². The minimum absolute atomic E-state index is 0.126. The number of phenolic OH excluding ortho intramolecular Hbond substituents is 1. The van der Waals surface area contributed by atoms with E-state index in [0.717, 1.165) is 12.0 Å². The minimum atomic E-state index is -0.293. The highest BCUT2D eigenvalue weighted by atomic mass is 16.5. The van der Waals surface area contributed by atoms with Crippen LogP contribution in [0.4, 0.5) is 0 Å². The molecule has 0 saturated carbocycles. The Hall–Kier alpha value is -1.97. The summed E-state index contributed by atoms with van der Waals surface area (Å²) in [6.07, 6.45) is 3.19. The van der Waals surface area contributed by atoms with Gasteiger partial charge in [0, 0.05) is 6.54 Å². The van der Waals surface area contributed by atoms with E-state index in [0.29, 0.717) is 18.7 Å². The first-order chi connectivity index (χ1) is 8.63. The number of aromatic hydroxyl groups is 1. The highest BCUT2D eigenvalue weighted by molar-refractivity contribution is 5.97. The maximum atomic E-state index is 11.9. The number of phenols is 1. The van der Waals surface area contributed by atoms with Crippen LogP contribution in [0.25, 0.3) is 0 Å². The highest BCUT2D eigenvalue weighted by Crippen LogP contribution is 2.31. The molecule has 0 aliphatic rings. The van der Waals surface area contributed by atoms with Crippen LogP contribution < -0.4 is 10.1 Å². The van der Waals surface area contributed by atoms with Gasteiger partial charge in [0.25, 0.3) is 5.91 Å². The maximum absolute atomic E-state index is 11.9. The Morgan fingerprint density at radius 2 is 2.28 bits per heavy atom. The quantitative estimate of drug-likeness (QED) is 0.760. The molecule has 2 N–H and O–H groups in total. The van der Waals surface area contributed by atoms with Crippen molar-refractivity contribution in [1.82, 2.24) is 5.32 Å². The maximum Gasteiger partial charge on any atom is 0.255 e. The van der Waals surface area contributed by atoms with Crippen LogP contribution in [0.3, 0.4) is 0 Å². The van der Waals surface area contributed by atoms with Crippen molar-refractivity contribution < 1.29 is 14.6 Å². The van der Waals surface area contributed by atoms with Crippen LogP contribution in [0, 0.1) is 0 Å². The van der Waals surface area contributed by atoms with Crippen LogP contribution in [-0.2, 0) is 6.42 Å². The highest BCUT2D eigenvalue weighted by Gasteiger charge is 2.16. The summed E-state index contributed by atoms with van der Waals surface area (Å²) in [4.78, 5) is 11.9. The largest absolute Gasteiger partial charge is 0.504 e. The van der Waals surface area contributed by atoms with Gasteiger partial charge in [0.1, 0.15) is 0 Å². The van der Waals surface area contributed by atoms with Gasteiger partial charge in [0.15, 0.2) is 11.5 Å². The third kappa shape index (κ3) is 3.26. The fraction of sp³-hybridized carbons (Fsp3) is 0.357. The lowest BCUT2D eigenvalue weighted by molar-refractivity contribution is 0.0950. The van der Waals surface area contributed by atoms with Gasteiger partial charge in [0.05, 0.1) is 12.7 Å². The molecule has 98 valence electrons. The topological polar surface area (TPSA) is 58.6 Å². The van der Waals surface area contributed by atoms with E-state index in [1.54, 1.807) is 18.2 Å². The van der Waals surface area contributed by atoms with Crippen molar-refractivity contribution in [3.63, 3.8) is 0 Å². The summed E-state index contributed by atoms with van der Waals surface area (Å²) in [6.45, 7) is 6.20. The zero-order valence-corrected chi connectivity index (χ0v) is 10.8. The number of carbonyl (C=O) groups excluding carboxylic acids is 1. The molecule has 18 heavy (non-hydrogen) atoms. The molecule has 1 aromatic carbocycles. The lowest BCUT2D eigenvalue weighted by Gasteiger charge is -2.11. The zero-order chi connectivity index (χ0) is 13.5. The number of rotatable bonds is 6. The normalized spacial score (nSPS) is 9.89. The Morgan fingerprint density at radius 1 is 1.56 bits per heavy atom. The van der Waals surface area contributed by atoms with Crippen LogP contribution >= 0.6 is 0 Å². The first-order valence-corrected chi connectivity index (χ1v) is 5.93. The molecule has 0 aromatic heterocycles. The molecule has 0 saturated heterocycles. The fourth-order valence-electron chi connectivity index (χ4n) is 1.61. The Labute approximate surface area is 107 Å². The summed E-state index contributed by atoms with van der Waals surface area (Å²) < 4.78 is 5.06.